The van der Waals surface area contributed by atoms with Gasteiger partial charge in [0.1, 0.15) is 0 Å². The van der Waals surface area contributed by atoms with Gasteiger partial charge in [-0.05, 0) is 29.6 Å². The van der Waals surface area contributed by atoms with Crippen molar-refractivity contribution in [3.63, 3.8) is 0 Å². The smallest absolute Gasteiger partial charge is 0.0123 e. The molecule has 0 radical (unpaired) electrons. The van der Waals surface area contributed by atoms with Crippen LogP contribution in [0.3, 0.4) is 0 Å². The molecule has 0 fully saturated rings. The molecule has 12 heavy (non-hydrogen) atoms. The highest BCUT2D eigenvalue weighted by Crippen LogP contribution is 2.31. The van der Waals surface area contributed by atoms with E-state index in [2.05, 4.69) is 39.0 Å². The second kappa shape index (κ2) is 2.81. The van der Waals surface area contributed by atoms with Gasteiger partial charge in [0.15, 0.2) is 0 Å². The molecule has 0 aromatic rings. The first kappa shape index (κ1) is 9.11. The first-order valence-corrected chi connectivity index (χ1v) is 4.28. The Balaban J connectivity index is 2.97. The van der Waals surface area contributed by atoms with Crippen LogP contribution in [0.25, 0.3) is 0 Å². The van der Waals surface area contributed by atoms with Gasteiger partial charge in [-0.2, -0.15) is 0 Å². The Hall–Kier alpha value is -0.980. The Morgan fingerprint density at radius 3 is 2.08 bits per heavy atom. The summed E-state index contributed by atoms with van der Waals surface area (Å²) in [4.78, 5) is 0. The standard InChI is InChI=1S/C11H17N/c1-8(12)9-5-6-10(7-9)11(2,3)4/h5-7H,12H2,1-4H3. The molecule has 1 heteroatoms. The fourth-order valence-corrected chi connectivity index (χ4v) is 1.16. The van der Waals surface area contributed by atoms with Gasteiger partial charge >= 0.3 is 0 Å². The predicted octanol–water partition coefficient (Wildman–Crippen LogP) is 2.76. The summed E-state index contributed by atoms with van der Waals surface area (Å²) < 4.78 is 0. The number of nitrogens with two attached hydrogens (primary N) is 1. The van der Waals surface area contributed by atoms with E-state index in [0.717, 1.165) is 11.3 Å². The molecule has 66 valence electrons. The van der Waals surface area contributed by atoms with Crippen LogP contribution in [-0.2, 0) is 0 Å². The summed E-state index contributed by atoms with van der Waals surface area (Å²) in [6.45, 7) is 8.55. The Labute approximate surface area is 74.7 Å². The first-order chi connectivity index (χ1) is 5.41. The fraction of sp³-hybridized carbons (Fsp3) is 0.455. The van der Waals surface area contributed by atoms with E-state index >= 15 is 0 Å². The lowest BCUT2D eigenvalue weighted by Gasteiger charge is -2.18. The van der Waals surface area contributed by atoms with E-state index in [0.29, 0.717) is 0 Å². The highest BCUT2D eigenvalue weighted by molar-refractivity contribution is 5.49. The maximum atomic E-state index is 5.69. The number of rotatable bonds is 0. The van der Waals surface area contributed by atoms with E-state index in [4.69, 9.17) is 5.73 Å². The highest BCUT2D eigenvalue weighted by atomic mass is 14.6. The Kier molecular flexibility index (Phi) is 2.14. The summed E-state index contributed by atoms with van der Waals surface area (Å²) in [5.74, 6) is 0. The van der Waals surface area contributed by atoms with Crippen LogP contribution >= 0.6 is 0 Å². The van der Waals surface area contributed by atoms with E-state index in [1.54, 1.807) is 0 Å². The average molecular weight is 163 g/mol. The van der Waals surface area contributed by atoms with E-state index in [1.807, 2.05) is 6.92 Å². The molecular formula is C11H17N. The third-order valence-corrected chi connectivity index (χ3v) is 2.07. The van der Waals surface area contributed by atoms with Gasteiger partial charge in [-0.1, -0.05) is 32.9 Å². The normalized spacial score (nSPS) is 21.2. The third kappa shape index (κ3) is 1.79. The summed E-state index contributed by atoms with van der Waals surface area (Å²) in [5, 5.41) is 0. The van der Waals surface area contributed by atoms with Crippen LogP contribution in [0.15, 0.2) is 35.1 Å². The zero-order chi connectivity index (χ0) is 9.35. The van der Waals surface area contributed by atoms with Gasteiger partial charge in [0, 0.05) is 5.70 Å². The molecule has 1 rings (SSSR count). The van der Waals surface area contributed by atoms with Crippen molar-refractivity contribution < 1.29 is 0 Å². The van der Waals surface area contributed by atoms with Gasteiger partial charge in [-0.25, -0.2) is 0 Å². The first-order valence-electron chi connectivity index (χ1n) is 4.28. The van der Waals surface area contributed by atoms with Crippen molar-refractivity contribution in [2.45, 2.75) is 27.7 Å². The fourth-order valence-electron chi connectivity index (χ4n) is 1.16. The van der Waals surface area contributed by atoms with E-state index in [-0.39, 0.29) is 5.41 Å². The highest BCUT2D eigenvalue weighted by Gasteiger charge is 2.17. The Bertz CT molecular complexity index is 268. The zero-order valence-electron chi connectivity index (χ0n) is 8.31. The van der Waals surface area contributed by atoms with Crippen molar-refractivity contribution in [1.82, 2.24) is 0 Å². The summed E-state index contributed by atoms with van der Waals surface area (Å²) >= 11 is 0. The van der Waals surface area contributed by atoms with Crippen molar-refractivity contribution in [2.75, 3.05) is 0 Å². The summed E-state index contributed by atoms with van der Waals surface area (Å²) in [5.41, 5.74) is 9.31. The van der Waals surface area contributed by atoms with Crippen molar-refractivity contribution >= 4 is 0 Å². The Morgan fingerprint density at radius 2 is 1.83 bits per heavy atom. The average Bonchev–Trinajstić information content (AvgIpc) is 2.30. The second-order valence-electron chi connectivity index (χ2n) is 4.32. The second-order valence-corrected chi connectivity index (χ2v) is 4.32. The molecule has 1 aliphatic carbocycles. The molecule has 0 amide bonds. The molecule has 0 aromatic heterocycles. The van der Waals surface area contributed by atoms with E-state index in [9.17, 15) is 0 Å². The Morgan fingerprint density at radius 1 is 1.25 bits per heavy atom. The van der Waals surface area contributed by atoms with Crippen molar-refractivity contribution in [2.24, 2.45) is 11.1 Å². The minimum atomic E-state index is 0.230. The van der Waals surface area contributed by atoms with Crippen LogP contribution in [0, 0.1) is 5.41 Å². The van der Waals surface area contributed by atoms with E-state index < -0.39 is 0 Å². The molecule has 0 saturated heterocycles. The van der Waals surface area contributed by atoms with Gasteiger partial charge in [-0.15, -0.1) is 0 Å². The van der Waals surface area contributed by atoms with Crippen LogP contribution in [0.2, 0.25) is 0 Å². The van der Waals surface area contributed by atoms with Crippen LogP contribution in [0.1, 0.15) is 27.7 Å². The summed E-state index contributed by atoms with van der Waals surface area (Å²) in [7, 11) is 0. The van der Waals surface area contributed by atoms with Gasteiger partial charge in [0.25, 0.3) is 0 Å². The molecule has 0 aromatic carbocycles. The molecule has 0 spiro atoms. The third-order valence-electron chi connectivity index (χ3n) is 2.07. The van der Waals surface area contributed by atoms with E-state index in [1.165, 1.54) is 5.57 Å². The lowest BCUT2D eigenvalue weighted by atomic mass is 9.87. The van der Waals surface area contributed by atoms with Crippen LogP contribution in [-0.4, -0.2) is 0 Å². The van der Waals surface area contributed by atoms with Gasteiger partial charge in [0.2, 0.25) is 0 Å². The monoisotopic (exact) mass is 163 g/mol. The maximum Gasteiger partial charge on any atom is 0.0123 e. The summed E-state index contributed by atoms with van der Waals surface area (Å²) in [6.07, 6.45) is 6.39. The lowest BCUT2D eigenvalue weighted by molar-refractivity contribution is 0.518. The van der Waals surface area contributed by atoms with Crippen LogP contribution < -0.4 is 5.73 Å². The molecule has 2 N–H and O–H groups in total. The summed E-state index contributed by atoms with van der Waals surface area (Å²) in [6, 6.07) is 0. The molecule has 0 atom stereocenters. The molecular weight excluding hydrogens is 146 g/mol. The molecule has 0 aliphatic heterocycles. The minimum Gasteiger partial charge on any atom is -0.402 e. The number of hydrogen-bond donors (Lipinski definition) is 1. The molecule has 0 saturated carbocycles. The molecule has 1 nitrogen and oxygen atoms in total. The van der Waals surface area contributed by atoms with Crippen LogP contribution in [0.4, 0.5) is 0 Å². The maximum absolute atomic E-state index is 5.69. The van der Waals surface area contributed by atoms with Crippen molar-refractivity contribution in [1.29, 1.82) is 0 Å². The molecule has 0 unspecified atom stereocenters. The quantitative estimate of drug-likeness (QED) is 0.584. The van der Waals surface area contributed by atoms with Crippen LogP contribution in [0.5, 0.6) is 0 Å². The van der Waals surface area contributed by atoms with Gasteiger partial charge in [-0.3, -0.25) is 0 Å². The predicted molar refractivity (Wildman–Crippen MR) is 53.6 cm³/mol. The zero-order valence-corrected chi connectivity index (χ0v) is 8.31. The van der Waals surface area contributed by atoms with Gasteiger partial charge < -0.3 is 5.73 Å². The lowest BCUT2D eigenvalue weighted by Crippen LogP contribution is -2.06. The molecule has 0 bridgehead atoms. The number of allylic oxidation sites excluding steroid dienone is 6. The molecule has 1 aliphatic rings. The van der Waals surface area contributed by atoms with Crippen molar-refractivity contribution in [3.8, 4) is 0 Å². The number of hydrogen-bond acceptors (Lipinski definition) is 1. The van der Waals surface area contributed by atoms with Crippen molar-refractivity contribution in [3.05, 3.63) is 35.1 Å². The SMILES string of the molecule is CC(N)=C1C=CC(C(C)(C)C)=C1. The largest absolute Gasteiger partial charge is 0.402 e. The topological polar surface area (TPSA) is 26.0 Å². The van der Waals surface area contributed by atoms with Gasteiger partial charge in [0.05, 0.1) is 0 Å². The minimum absolute atomic E-state index is 0.230. The molecule has 0 heterocycles.